The van der Waals surface area contributed by atoms with Gasteiger partial charge in [0.25, 0.3) is 0 Å². The molecule has 0 heterocycles. The quantitative estimate of drug-likeness (QED) is 0.448. The minimum Gasteiger partial charge on any atom is -0.159 e. The van der Waals surface area contributed by atoms with E-state index in [4.69, 9.17) is 0 Å². The second-order valence-electron chi connectivity index (χ2n) is 1.92. The SMILES string of the molecule is CC(C)C#CC(F)(F)F. The summed E-state index contributed by atoms with van der Waals surface area (Å²) in [4.78, 5) is 0. The summed E-state index contributed by atoms with van der Waals surface area (Å²) in [6.07, 6.45) is -4.33. The Kier molecular flexibility index (Phi) is 2.57. The summed E-state index contributed by atoms with van der Waals surface area (Å²) in [5.74, 6) is 2.97. The second-order valence-corrected chi connectivity index (χ2v) is 1.92. The lowest BCUT2D eigenvalue weighted by Crippen LogP contribution is -2.02. The van der Waals surface area contributed by atoms with E-state index in [0.717, 1.165) is 0 Å². The predicted molar refractivity (Wildman–Crippen MR) is 28.7 cm³/mol. The van der Waals surface area contributed by atoms with Gasteiger partial charge in [0.05, 0.1) is 0 Å². The van der Waals surface area contributed by atoms with Crippen LogP contribution in [0.3, 0.4) is 0 Å². The van der Waals surface area contributed by atoms with Crippen molar-refractivity contribution in [3.8, 4) is 11.8 Å². The lowest BCUT2D eigenvalue weighted by molar-refractivity contribution is -0.0698. The van der Waals surface area contributed by atoms with Crippen molar-refractivity contribution in [2.24, 2.45) is 5.92 Å². The standard InChI is InChI=1S/C6H7F3/c1-5(2)3-4-6(7,8)9/h5H,1-2H3. The lowest BCUT2D eigenvalue weighted by atomic mass is 10.2. The zero-order valence-electron chi connectivity index (χ0n) is 5.21. The highest BCUT2D eigenvalue weighted by molar-refractivity contribution is 5.06. The molecule has 0 aromatic heterocycles. The summed E-state index contributed by atoms with van der Waals surface area (Å²) >= 11 is 0. The van der Waals surface area contributed by atoms with Gasteiger partial charge in [-0.2, -0.15) is 13.2 Å². The van der Waals surface area contributed by atoms with Crippen molar-refractivity contribution in [1.29, 1.82) is 0 Å². The van der Waals surface area contributed by atoms with Crippen molar-refractivity contribution >= 4 is 0 Å². The normalized spacial score (nSPS) is 10.9. The molecule has 52 valence electrons. The van der Waals surface area contributed by atoms with Gasteiger partial charge in [-0.1, -0.05) is 19.8 Å². The van der Waals surface area contributed by atoms with Crippen LogP contribution in [0.2, 0.25) is 0 Å². The molecule has 0 atom stereocenters. The van der Waals surface area contributed by atoms with Crippen molar-refractivity contribution in [3.05, 3.63) is 0 Å². The Morgan fingerprint density at radius 1 is 1.22 bits per heavy atom. The summed E-state index contributed by atoms with van der Waals surface area (Å²) in [6.45, 7) is 3.22. The van der Waals surface area contributed by atoms with Gasteiger partial charge >= 0.3 is 6.18 Å². The van der Waals surface area contributed by atoms with E-state index < -0.39 is 6.18 Å². The first-order chi connectivity index (χ1) is 3.92. The van der Waals surface area contributed by atoms with Crippen LogP contribution in [0.15, 0.2) is 0 Å². The average Bonchev–Trinajstić information content (AvgIpc) is 1.59. The van der Waals surface area contributed by atoms with E-state index in [-0.39, 0.29) is 5.92 Å². The Labute approximate surface area is 52.1 Å². The van der Waals surface area contributed by atoms with E-state index in [2.05, 4.69) is 0 Å². The molecular weight excluding hydrogens is 129 g/mol. The van der Waals surface area contributed by atoms with Gasteiger partial charge in [-0.25, -0.2) is 0 Å². The molecule has 0 spiro atoms. The second kappa shape index (κ2) is 2.77. The van der Waals surface area contributed by atoms with Crippen LogP contribution in [0, 0.1) is 17.8 Å². The molecule has 3 heteroatoms. The summed E-state index contributed by atoms with van der Waals surface area (Å²) in [5, 5.41) is 0. The summed E-state index contributed by atoms with van der Waals surface area (Å²) in [5.41, 5.74) is 0. The number of rotatable bonds is 0. The van der Waals surface area contributed by atoms with E-state index in [1.54, 1.807) is 13.8 Å². The van der Waals surface area contributed by atoms with Gasteiger partial charge in [0, 0.05) is 11.8 Å². The van der Waals surface area contributed by atoms with Gasteiger partial charge in [-0.15, -0.1) is 0 Å². The van der Waals surface area contributed by atoms with Crippen LogP contribution < -0.4 is 0 Å². The molecule has 0 aliphatic heterocycles. The van der Waals surface area contributed by atoms with E-state index in [0.29, 0.717) is 0 Å². The largest absolute Gasteiger partial charge is 0.457 e. The monoisotopic (exact) mass is 136 g/mol. The van der Waals surface area contributed by atoms with E-state index in [1.807, 2.05) is 5.92 Å². The Morgan fingerprint density at radius 3 is 1.78 bits per heavy atom. The summed E-state index contributed by atoms with van der Waals surface area (Å²) in [6, 6.07) is 0. The van der Waals surface area contributed by atoms with Crippen LogP contribution in [0.1, 0.15) is 13.8 Å². The molecule has 0 unspecified atom stereocenters. The minimum absolute atomic E-state index is 0.216. The van der Waals surface area contributed by atoms with Crippen molar-refractivity contribution in [2.45, 2.75) is 20.0 Å². The van der Waals surface area contributed by atoms with Gasteiger partial charge in [0.2, 0.25) is 0 Å². The number of halogens is 3. The minimum atomic E-state index is -4.33. The topological polar surface area (TPSA) is 0 Å². The fraction of sp³-hybridized carbons (Fsp3) is 0.667. The maximum Gasteiger partial charge on any atom is 0.457 e. The zero-order chi connectivity index (χ0) is 7.49. The molecule has 0 nitrogen and oxygen atoms in total. The molecule has 0 saturated carbocycles. The first-order valence-electron chi connectivity index (χ1n) is 2.51. The highest BCUT2D eigenvalue weighted by Crippen LogP contribution is 2.12. The lowest BCUT2D eigenvalue weighted by Gasteiger charge is -1.93. The van der Waals surface area contributed by atoms with Crippen molar-refractivity contribution in [1.82, 2.24) is 0 Å². The Balaban J connectivity index is 3.88. The first kappa shape index (κ1) is 8.35. The molecular formula is C6H7F3. The highest BCUT2D eigenvalue weighted by atomic mass is 19.4. The Hall–Kier alpha value is -0.650. The van der Waals surface area contributed by atoms with Crippen molar-refractivity contribution in [2.75, 3.05) is 0 Å². The van der Waals surface area contributed by atoms with E-state index in [1.165, 1.54) is 5.92 Å². The molecule has 0 rings (SSSR count). The van der Waals surface area contributed by atoms with Crippen LogP contribution in [0.25, 0.3) is 0 Å². The van der Waals surface area contributed by atoms with Crippen molar-refractivity contribution in [3.63, 3.8) is 0 Å². The molecule has 0 bridgehead atoms. The molecule has 0 amide bonds. The third kappa shape index (κ3) is 7.35. The third-order valence-electron chi connectivity index (χ3n) is 0.503. The number of hydrogen-bond acceptors (Lipinski definition) is 0. The number of hydrogen-bond donors (Lipinski definition) is 0. The zero-order valence-corrected chi connectivity index (χ0v) is 5.21. The maximum absolute atomic E-state index is 11.2. The van der Waals surface area contributed by atoms with Crippen LogP contribution in [-0.2, 0) is 0 Å². The van der Waals surface area contributed by atoms with Crippen LogP contribution in [0.4, 0.5) is 13.2 Å². The molecule has 0 radical (unpaired) electrons. The van der Waals surface area contributed by atoms with Gasteiger partial charge < -0.3 is 0 Å². The molecule has 0 aliphatic rings. The summed E-state index contributed by atoms with van der Waals surface area (Å²) in [7, 11) is 0. The smallest absolute Gasteiger partial charge is 0.159 e. The van der Waals surface area contributed by atoms with E-state index >= 15 is 0 Å². The van der Waals surface area contributed by atoms with Gasteiger partial charge in [-0.3, -0.25) is 0 Å². The fourth-order valence-electron chi connectivity index (χ4n) is 0.226. The van der Waals surface area contributed by atoms with Gasteiger partial charge in [0.1, 0.15) is 0 Å². The van der Waals surface area contributed by atoms with Crippen LogP contribution in [0.5, 0.6) is 0 Å². The van der Waals surface area contributed by atoms with Gasteiger partial charge in [0.15, 0.2) is 0 Å². The molecule has 0 aromatic rings. The fourth-order valence-corrected chi connectivity index (χ4v) is 0.226. The number of alkyl halides is 3. The Bertz CT molecular complexity index is 133. The van der Waals surface area contributed by atoms with E-state index in [9.17, 15) is 13.2 Å². The first-order valence-corrected chi connectivity index (χ1v) is 2.51. The average molecular weight is 136 g/mol. The van der Waals surface area contributed by atoms with Crippen LogP contribution >= 0.6 is 0 Å². The molecule has 0 aromatic carbocycles. The molecule has 0 N–H and O–H groups in total. The Morgan fingerprint density at radius 2 is 1.67 bits per heavy atom. The maximum atomic E-state index is 11.2. The van der Waals surface area contributed by atoms with Crippen molar-refractivity contribution < 1.29 is 13.2 Å². The van der Waals surface area contributed by atoms with Gasteiger partial charge in [-0.05, 0) is 0 Å². The molecule has 9 heavy (non-hydrogen) atoms. The third-order valence-corrected chi connectivity index (χ3v) is 0.503. The molecule has 0 saturated heterocycles. The predicted octanol–water partition coefficient (Wildman–Crippen LogP) is 2.21. The highest BCUT2D eigenvalue weighted by Gasteiger charge is 2.22. The summed E-state index contributed by atoms with van der Waals surface area (Å²) < 4.78 is 33.7. The molecule has 0 aliphatic carbocycles. The molecule has 0 fully saturated rings. The van der Waals surface area contributed by atoms with Crippen LogP contribution in [-0.4, -0.2) is 6.18 Å².